The Morgan fingerprint density at radius 1 is 0.520 bits per heavy atom. The van der Waals surface area contributed by atoms with Crippen LogP contribution in [0, 0.1) is 0 Å². The minimum atomic E-state index is -0.901. The molecule has 0 radical (unpaired) electrons. The van der Waals surface area contributed by atoms with Crippen LogP contribution in [0.25, 0.3) is 0 Å². The molecule has 0 saturated carbocycles. The Morgan fingerprint density at radius 2 is 0.760 bits per heavy atom. The van der Waals surface area contributed by atoms with Gasteiger partial charge in [0.05, 0.1) is 0 Å². The summed E-state index contributed by atoms with van der Waals surface area (Å²) < 4.78 is 0. The van der Waals surface area contributed by atoms with Gasteiger partial charge in [0, 0.05) is 5.97 Å². The molecule has 0 atom stereocenters. The van der Waals surface area contributed by atoms with Crippen molar-refractivity contribution in [2.75, 3.05) is 0 Å². The molecule has 0 heterocycles. The summed E-state index contributed by atoms with van der Waals surface area (Å²) in [5, 5.41) is 10.3. The molecule has 3 heteroatoms. The molecule has 0 aromatic rings. The fraction of sp³-hybridized carbons (Fsp3) is 0.955. The molecule has 0 unspecified atom stereocenters. The third kappa shape index (κ3) is 26.6. The van der Waals surface area contributed by atoms with Gasteiger partial charge in [0.15, 0.2) is 0 Å². The molecule has 0 spiro atoms. The van der Waals surface area contributed by atoms with Crippen molar-refractivity contribution in [3.05, 3.63) is 0 Å². The molecular weight excluding hydrogens is 321 g/mol. The predicted octanol–water partition coefficient (Wildman–Crippen LogP) is 6.18. The molecule has 0 aromatic carbocycles. The first kappa shape index (κ1) is 27.5. The molecule has 0 rings (SSSR count). The van der Waals surface area contributed by atoms with Gasteiger partial charge >= 0.3 is 23.1 Å². The molecule has 2 nitrogen and oxygen atoms in total. The summed E-state index contributed by atoms with van der Waals surface area (Å²) in [7, 11) is 0. The Kier molecular flexibility index (Phi) is 26.6. The quantitative estimate of drug-likeness (QED) is 0.191. The van der Waals surface area contributed by atoms with Crippen LogP contribution < -0.4 is 5.11 Å². The van der Waals surface area contributed by atoms with E-state index >= 15 is 0 Å². The fourth-order valence-corrected chi connectivity index (χ4v) is 3.35. The molecular formula is C22H43MgO2+. The van der Waals surface area contributed by atoms with Gasteiger partial charge in [-0.05, 0) is 12.8 Å². The number of hydrogen-bond donors (Lipinski definition) is 0. The fourth-order valence-electron chi connectivity index (χ4n) is 3.35. The minimum absolute atomic E-state index is 0. The van der Waals surface area contributed by atoms with E-state index in [1.807, 2.05) is 0 Å². The van der Waals surface area contributed by atoms with Gasteiger partial charge < -0.3 is 9.90 Å². The first-order valence-corrected chi connectivity index (χ1v) is 11.0. The van der Waals surface area contributed by atoms with Crippen LogP contribution >= 0.6 is 0 Å². The maximum absolute atomic E-state index is 10.3. The van der Waals surface area contributed by atoms with E-state index in [1.165, 1.54) is 109 Å². The van der Waals surface area contributed by atoms with Gasteiger partial charge in [0.25, 0.3) is 0 Å². The van der Waals surface area contributed by atoms with Crippen LogP contribution in [0.2, 0.25) is 0 Å². The third-order valence-corrected chi connectivity index (χ3v) is 4.98. The minimum Gasteiger partial charge on any atom is -0.550 e. The first-order chi connectivity index (χ1) is 11.8. The molecule has 0 saturated heterocycles. The second kappa shape index (κ2) is 24.2. The zero-order valence-electron chi connectivity index (χ0n) is 17.2. The maximum atomic E-state index is 10.3. The summed E-state index contributed by atoms with van der Waals surface area (Å²) in [4.78, 5) is 10.3. The zero-order chi connectivity index (χ0) is 17.7. The van der Waals surface area contributed by atoms with Gasteiger partial charge in [0.2, 0.25) is 0 Å². The van der Waals surface area contributed by atoms with Gasteiger partial charge in [-0.15, -0.1) is 0 Å². The Balaban J connectivity index is 0. The number of unbranched alkanes of at least 4 members (excludes halogenated alkanes) is 18. The molecule has 0 fully saturated rings. The van der Waals surface area contributed by atoms with E-state index in [9.17, 15) is 9.90 Å². The van der Waals surface area contributed by atoms with Crippen molar-refractivity contribution in [1.82, 2.24) is 0 Å². The van der Waals surface area contributed by atoms with Crippen LogP contribution in [-0.2, 0) is 4.79 Å². The van der Waals surface area contributed by atoms with Crippen molar-refractivity contribution in [3.8, 4) is 0 Å². The Labute approximate surface area is 174 Å². The SMILES string of the molecule is CCCCCCCCCCCCCCCCCCCCCC(=O)[O-].[Mg+2]. The largest absolute Gasteiger partial charge is 2.00 e. The van der Waals surface area contributed by atoms with Crippen LogP contribution in [0.4, 0.5) is 0 Å². The maximum Gasteiger partial charge on any atom is 2.00 e. The molecule has 0 amide bonds. The smallest absolute Gasteiger partial charge is 0.550 e. The number of carboxylic acid groups (broad SMARTS) is 1. The number of hydrogen-bond acceptors (Lipinski definition) is 2. The number of carboxylic acids is 1. The van der Waals surface area contributed by atoms with Crippen LogP contribution in [0.5, 0.6) is 0 Å². The molecule has 25 heavy (non-hydrogen) atoms. The second-order valence-corrected chi connectivity index (χ2v) is 7.49. The molecule has 0 aliphatic carbocycles. The Morgan fingerprint density at radius 3 is 1.00 bits per heavy atom. The average Bonchev–Trinajstić information content (AvgIpc) is 2.56. The van der Waals surface area contributed by atoms with E-state index in [2.05, 4.69) is 6.92 Å². The van der Waals surface area contributed by atoms with E-state index in [0.29, 0.717) is 0 Å². The molecule has 0 aliphatic rings. The van der Waals surface area contributed by atoms with Crippen molar-refractivity contribution in [3.63, 3.8) is 0 Å². The van der Waals surface area contributed by atoms with E-state index in [1.54, 1.807) is 0 Å². The predicted molar refractivity (Wildman–Crippen MR) is 109 cm³/mol. The van der Waals surface area contributed by atoms with E-state index < -0.39 is 5.97 Å². The number of carbonyl (C=O) groups is 1. The summed E-state index contributed by atoms with van der Waals surface area (Å²) in [5.74, 6) is -0.901. The molecule has 0 bridgehead atoms. The van der Waals surface area contributed by atoms with Gasteiger partial charge in [-0.1, -0.05) is 122 Å². The number of aliphatic carboxylic acids is 1. The average molecular weight is 364 g/mol. The van der Waals surface area contributed by atoms with E-state index in [4.69, 9.17) is 0 Å². The van der Waals surface area contributed by atoms with Gasteiger partial charge in [0.1, 0.15) is 0 Å². The van der Waals surface area contributed by atoms with Gasteiger partial charge in [-0.25, -0.2) is 0 Å². The Bertz CT molecular complexity index is 256. The van der Waals surface area contributed by atoms with Crippen molar-refractivity contribution in [2.45, 2.75) is 135 Å². The van der Waals surface area contributed by atoms with Crippen LogP contribution in [0.3, 0.4) is 0 Å². The summed E-state index contributed by atoms with van der Waals surface area (Å²) in [6.07, 6.45) is 25.7. The summed E-state index contributed by atoms with van der Waals surface area (Å²) in [6, 6.07) is 0. The van der Waals surface area contributed by atoms with Crippen molar-refractivity contribution >= 4 is 29.0 Å². The molecule has 0 aliphatic heterocycles. The molecule has 144 valence electrons. The third-order valence-electron chi connectivity index (χ3n) is 4.98. The Hall–Kier alpha value is 0.236. The molecule has 0 N–H and O–H groups in total. The molecule has 0 aromatic heterocycles. The second-order valence-electron chi connectivity index (χ2n) is 7.49. The van der Waals surface area contributed by atoms with Crippen LogP contribution in [0.1, 0.15) is 135 Å². The van der Waals surface area contributed by atoms with Crippen LogP contribution in [-0.4, -0.2) is 29.0 Å². The van der Waals surface area contributed by atoms with Crippen LogP contribution in [0.15, 0.2) is 0 Å². The number of carbonyl (C=O) groups excluding carboxylic acids is 1. The van der Waals surface area contributed by atoms with Crippen molar-refractivity contribution in [2.24, 2.45) is 0 Å². The monoisotopic (exact) mass is 363 g/mol. The van der Waals surface area contributed by atoms with Crippen molar-refractivity contribution < 1.29 is 9.90 Å². The standard InChI is InChI=1S/C22H44O2.Mg/c1-2-3-4-5-6-7-8-9-10-11-12-13-14-15-16-17-18-19-20-21-22(23)24;/h2-21H2,1H3,(H,23,24);/q;+2/p-1. The summed E-state index contributed by atoms with van der Waals surface area (Å²) in [5.41, 5.74) is 0. The van der Waals surface area contributed by atoms with Crippen molar-refractivity contribution in [1.29, 1.82) is 0 Å². The topological polar surface area (TPSA) is 40.1 Å². The normalized spacial score (nSPS) is 10.6. The van der Waals surface area contributed by atoms with E-state index in [-0.39, 0.29) is 29.5 Å². The van der Waals surface area contributed by atoms with Gasteiger partial charge in [-0.3, -0.25) is 0 Å². The van der Waals surface area contributed by atoms with Gasteiger partial charge in [-0.2, -0.15) is 0 Å². The zero-order valence-corrected chi connectivity index (χ0v) is 18.6. The summed E-state index contributed by atoms with van der Waals surface area (Å²) in [6.45, 7) is 2.28. The first-order valence-electron chi connectivity index (χ1n) is 11.0. The number of rotatable bonds is 20. The summed E-state index contributed by atoms with van der Waals surface area (Å²) >= 11 is 0. The van der Waals surface area contributed by atoms with E-state index in [0.717, 1.165) is 12.8 Å².